The van der Waals surface area contributed by atoms with E-state index in [0.717, 1.165) is 6.08 Å². The zero-order valence-electron chi connectivity index (χ0n) is 11.5. The van der Waals surface area contributed by atoms with Gasteiger partial charge in [-0.1, -0.05) is 0 Å². The van der Waals surface area contributed by atoms with Crippen LogP contribution in [-0.2, 0) is 19.2 Å². The number of hydrogen-bond acceptors (Lipinski definition) is 5. The number of hydrogen-bond donors (Lipinski definition) is 5. The van der Waals surface area contributed by atoms with Gasteiger partial charge in [0.1, 0.15) is 0 Å². The first kappa shape index (κ1) is 18.6. The molecule has 0 aliphatic rings. The van der Waals surface area contributed by atoms with E-state index in [0.29, 0.717) is 0 Å². The summed E-state index contributed by atoms with van der Waals surface area (Å²) in [5, 5.41) is 31.0. The molecule has 0 spiro atoms. The normalized spacial score (nSPS) is 12.5. The predicted octanol–water partition coefficient (Wildman–Crippen LogP) is -1.10. The standard InChI is InChI=1S/C12H18N2O7/c1-7(11(18)19)4-9(15)14-3-2-13-6-8(12(20)21)5-10(16)17/h4,8,13H,2-3,5-6H2,1H3,(H,14,15)(H,16,17)(H,18,19)(H,20,21)/b7-4+. The van der Waals surface area contributed by atoms with Gasteiger partial charge in [0.2, 0.25) is 5.91 Å². The fourth-order valence-corrected chi connectivity index (χ4v) is 1.32. The highest BCUT2D eigenvalue weighted by atomic mass is 16.4. The molecule has 0 rings (SSSR count). The highest BCUT2D eigenvalue weighted by molar-refractivity contribution is 5.97. The second-order valence-electron chi connectivity index (χ2n) is 4.26. The minimum absolute atomic E-state index is 0.0402. The van der Waals surface area contributed by atoms with Gasteiger partial charge in [-0.2, -0.15) is 0 Å². The molecule has 0 aromatic rings. The SMILES string of the molecule is C/C(=C\C(=O)NCCNCC(CC(=O)O)C(=O)O)C(=O)O. The molecule has 0 fully saturated rings. The summed E-state index contributed by atoms with van der Waals surface area (Å²) in [6.45, 7) is 1.63. The largest absolute Gasteiger partial charge is 0.481 e. The number of carboxylic acids is 3. The minimum atomic E-state index is -1.21. The molecule has 1 unspecified atom stereocenters. The summed E-state index contributed by atoms with van der Waals surface area (Å²) in [5.74, 6) is -5.23. The van der Waals surface area contributed by atoms with E-state index in [2.05, 4.69) is 10.6 Å². The average Bonchev–Trinajstić information content (AvgIpc) is 2.35. The van der Waals surface area contributed by atoms with Gasteiger partial charge < -0.3 is 26.0 Å². The van der Waals surface area contributed by atoms with E-state index in [4.69, 9.17) is 15.3 Å². The van der Waals surface area contributed by atoms with Gasteiger partial charge in [-0.3, -0.25) is 14.4 Å². The maximum absolute atomic E-state index is 11.3. The molecule has 0 saturated carbocycles. The van der Waals surface area contributed by atoms with Gasteiger partial charge >= 0.3 is 17.9 Å². The second-order valence-corrected chi connectivity index (χ2v) is 4.26. The predicted molar refractivity (Wildman–Crippen MR) is 70.7 cm³/mol. The molecule has 5 N–H and O–H groups in total. The second kappa shape index (κ2) is 9.48. The van der Waals surface area contributed by atoms with Crippen molar-refractivity contribution >= 4 is 23.8 Å². The fraction of sp³-hybridized carbons (Fsp3) is 0.500. The van der Waals surface area contributed by atoms with Crippen LogP contribution in [0, 0.1) is 5.92 Å². The first-order valence-electron chi connectivity index (χ1n) is 6.08. The van der Waals surface area contributed by atoms with Gasteiger partial charge in [0.15, 0.2) is 0 Å². The number of carbonyl (C=O) groups excluding carboxylic acids is 1. The Morgan fingerprint density at radius 3 is 2.19 bits per heavy atom. The molecule has 0 aromatic carbocycles. The molecule has 0 heterocycles. The number of carbonyl (C=O) groups is 4. The van der Waals surface area contributed by atoms with Crippen LogP contribution in [0.2, 0.25) is 0 Å². The van der Waals surface area contributed by atoms with Gasteiger partial charge in [0.25, 0.3) is 0 Å². The maximum atomic E-state index is 11.3. The Morgan fingerprint density at radius 1 is 1.10 bits per heavy atom. The van der Waals surface area contributed by atoms with Gasteiger partial charge in [-0.15, -0.1) is 0 Å². The molecule has 0 saturated heterocycles. The molecular formula is C12H18N2O7. The van der Waals surface area contributed by atoms with Gasteiger partial charge in [-0.05, 0) is 6.92 Å². The van der Waals surface area contributed by atoms with Crippen LogP contribution >= 0.6 is 0 Å². The van der Waals surface area contributed by atoms with Crippen LogP contribution in [0.5, 0.6) is 0 Å². The number of amides is 1. The molecule has 9 nitrogen and oxygen atoms in total. The molecule has 21 heavy (non-hydrogen) atoms. The molecule has 0 aliphatic heterocycles. The Hall–Kier alpha value is -2.42. The van der Waals surface area contributed by atoms with Crippen LogP contribution in [0.3, 0.4) is 0 Å². The highest BCUT2D eigenvalue weighted by Crippen LogP contribution is 2.01. The number of carboxylic acid groups (broad SMARTS) is 3. The summed E-state index contributed by atoms with van der Waals surface area (Å²) in [5.41, 5.74) is -0.104. The first-order chi connectivity index (χ1) is 9.73. The van der Waals surface area contributed by atoms with Crippen molar-refractivity contribution in [3.05, 3.63) is 11.6 Å². The molecule has 0 bridgehead atoms. The van der Waals surface area contributed by atoms with E-state index >= 15 is 0 Å². The first-order valence-corrected chi connectivity index (χ1v) is 6.08. The van der Waals surface area contributed by atoms with Crippen LogP contribution < -0.4 is 10.6 Å². The van der Waals surface area contributed by atoms with E-state index in [1.165, 1.54) is 6.92 Å². The van der Waals surface area contributed by atoms with Crippen molar-refractivity contribution in [3.63, 3.8) is 0 Å². The summed E-state index contributed by atoms with van der Waals surface area (Å²) in [7, 11) is 0. The summed E-state index contributed by atoms with van der Waals surface area (Å²) in [6, 6.07) is 0. The lowest BCUT2D eigenvalue weighted by Gasteiger charge is -2.11. The van der Waals surface area contributed by atoms with Crippen molar-refractivity contribution in [2.75, 3.05) is 19.6 Å². The molecule has 1 atom stereocenters. The van der Waals surface area contributed by atoms with Crippen LogP contribution in [0.15, 0.2) is 11.6 Å². The molecule has 118 valence electrons. The Bertz CT molecular complexity index is 445. The number of nitrogens with one attached hydrogen (secondary N) is 2. The average molecular weight is 302 g/mol. The lowest BCUT2D eigenvalue weighted by Crippen LogP contribution is -2.36. The molecular weight excluding hydrogens is 284 g/mol. The lowest BCUT2D eigenvalue weighted by atomic mass is 10.1. The van der Waals surface area contributed by atoms with Crippen LogP contribution in [0.4, 0.5) is 0 Å². The summed E-state index contributed by atoms with van der Waals surface area (Å²) >= 11 is 0. The topological polar surface area (TPSA) is 153 Å². The third-order valence-corrected chi connectivity index (χ3v) is 2.45. The summed E-state index contributed by atoms with van der Waals surface area (Å²) in [6.07, 6.45) is 0.446. The van der Waals surface area contributed by atoms with Crippen LogP contribution in [0.1, 0.15) is 13.3 Å². The Labute approximate surface area is 120 Å². The van der Waals surface area contributed by atoms with Crippen molar-refractivity contribution in [2.45, 2.75) is 13.3 Å². The Balaban J connectivity index is 3.97. The molecule has 9 heteroatoms. The number of aliphatic carboxylic acids is 3. The third kappa shape index (κ3) is 9.16. The summed E-state index contributed by atoms with van der Waals surface area (Å²) in [4.78, 5) is 42.9. The van der Waals surface area contributed by atoms with E-state index < -0.39 is 36.2 Å². The molecule has 0 aromatic heterocycles. The van der Waals surface area contributed by atoms with E-state index in [-0.39, 0.29) is 25.2 Å². The minimum Gasteiger partial charge on any atom is -0.481 e. The van der Waals surface area contributed by atoms with E-state index in [1.807, 2.05) is 0 Å². The van der Waals surface area contributed by atoms with Gasteiger partial charge in [-0.25, -0.2) is 4.79 Å². The Morgan fingerprint density at radius 2 is 1.71 bits per heavy atom. The summed E-state index contributed by atoms with van der Waals surface area (Å²) < 4.78 is 0. The zero-order valence-corrected chi connectivity index (χ0v) is 11.5. The smallest absolute Gasteiger partial charge is 0.331 e. The van der Waals surface area contributed by atoms with Crippen molar-refractivity contribution < 1.29 is 34.5 Å². The van der Waals surface area contributed by atoms with Crippen molar-refractivity contribution in [1.82, 2.24) is 10.6 Å². The maximum Gasteiger partial charge on any atom is 0.331 e. The molecule has 1 amide bonds. The number of rotatable bonds is 10. The van der Waals surface area contributed by atoms with Crippen molar-refractivity contribution in [3.8, 4) is 0 Å². The monoisotopic (exact) mass is 302 g/mol. The van der Waals surface area contributed by atoms with Gasteiger partial charge in [0, 0.05) is 31.3 Å². The zero-order chi connectivity index (χ0) is 16.4. The highest BCUT2D eigenvalue weighted by Gasteiger charge is 2.20. The van der Waals surface area contributed by atoms with Crippen LogP contribution in [0.25, 0.3) is 0 Å². The third-order valence-electron chi connectivity index (χ3n) is 2.45. The van der Waals surface area contributed by atoms with E-state index in [9.17, 15) is 19.2 Å². The Kier molecular flexibility index (Phi) is 8.39. The lowest BCUT2D eigenvalue weighted by molar-refractivity contribution is -0.148. The van der Waals surface area contributed by atoms with E-state index in [1.54, 1.807) is 0 Å². The van der Waals surface area contributed by atoms with Crippen molar-refractivity contribution in [2.24, 2.45) is 5.92 Å². The molecule has 0 aliphatic carbocycles. The van der Waals surface area contributed by atoms with Crippen LogP contribution in [-0.4, -0.2) is 58.8 Å². The fourth-order valence-electron chi connectivity index (χ4n) is 1.32. The van der Waals surface area contributed by atoms with Crippen molar-refractivity contribution in [1.29, 1.82) is 0 Å². The molecule has 0 radical (unpaired) electrons. The quantitative estimate of drug-likeness (QED) is 0.252. The van der Waals surface area contributed by atoms with Gasteiger partial charge in [0.05, 0.1) is 12.3 Å².